The maximum Gasteiger partial charge on any atom is 0.297 e. The molecule has 0 spiro atoms. The Morgan fingerprint density at radius 1 is 0.684 bits per heavy atom. The summed E-state index contributed by atoms with van der Waals surface area (Å²) in [7, 11) is 2.72. The third-order valence-electron chi connectivity index (χ3n) is 5.45. The van der Waals surface area contributed by atoms with Crippen molar-refractivity contribution in [2.75, 3.05) is 25.1 Å². The van der Waals surface area contributed by atoms with Crippen molar-refractivity contribution in [2.24, 2.45) is 10.2 Å². The van der Waals surface area contributed by atoms with Gasteiger partial charge in [0.15, 0.2) is 0 Å². The standard InChI is InChI=1S/C24H18N6O8/c1-37-13-7-9-17(19(11-13)29(33)34)25-27-21-15-5-3-4-6-16(15)22(24(32)23(21)31)28-26-18-10-8-14(38-2)12-20(18)30(35)36/h3-12,25-26H,1-2H3. The average Bonchev–Trinajstić information content (AvgIpc) is 2.92. The molecular formula is C24H18N6O8. The quantitative estimate of drug-likeness (QED) is 0.199. The summed E-state index contributed by atoms with van der Waals surface area (Å²) in [6, 6.07) is 14.2. The van der Waals surface area contributed by atoms with Crippen molar-refractivity contribution in [1.82, 2.24) is 0 Å². The molecular weight excluding hydrogens is 500 g/mol. The minimum atomic E-state index is -1.03. The number of hydrogen-bond donors (Lipinski definition) is 2. The molecule has 0 amide bonds. The average molecular weight is 518 g/mol. The van der Waals surface area contributed by atoms with Gasteiger partial charge in [-0.1, -0.05) is 24.3 Å². The van der Waals surface area contributed by atoms with Crippen molar-refractivity contribution in [3.63, 3.8) is 0 Å². The molecule has 0 aliphatic carbocycles. The van der Waals surface area contributed by atoms with Crippen LogP contribution in [0.15, 0.2) is 80.5 Å². The second-order valence-corrected chi connectivity index (χ2v) is 7.63. The van der Waals surface area contributed by atoms with E-state index in [1.165, 1.54) is 62.8 Å². The Hall–Kier alpha value is -5.66. The molecule has 0 aliphatic heterocycles. The summed E-state index contributed by atoms with van der Waals surface area (Å²) in [5.41, 5.74) is 2.13. The van der Waals surface area contributed by atoms with Crippen molar-refractivity contribution >= 4 is 33.5 Å². The Bertz CT molecular complexity index is 1680. The zero-order valence-corrected chi connectivity index (χ0v) is 19.8. The van der Waals surface area contributed by atoms with Crippen LogP contribution in [0.1, 0.15) is 0 Å². The van der Waals surface area contributed by atoms with Crippen molar-refractivity contribution in [3.05, 3.63) is 112 Å². The van der Waals surface area contributed by atoms with Gasteiger partial charge < -0.3 is 9.47 Å². The van der Waals surface area contributed by atoms with Crippen LogP contribution >= 0.6 is 0 Å². The van der Waals surface area contributed by atoms with Gasteiger partial charge in [-0.2, -0.15) is 10.2 Å². The molecule has 0 bridgehead atoms. The Morgan fingerprint density at radius 2 is 1.08 bits per heavy atom. The first-order valence-corrected chi connectivity index (χ1v) is 10.8. The van der Waals surface area contributed by atoms with E-state index < -0.39 is 20.7 Å². The van der Waals surface area contributed by atoms with E-state index >= 15 is 0 Å². The third-order valence-corrected chi connectivity index (χ3v) is 5.45. The van der Waals surface area contributed by atoms with Crippen molar-refractivity contribution < 1.29 is 19.3 Å². The second-order valence-electron chi connectivity index (χ2n) is 7.63. The van der Waals surface area contributed by atoms with Crippen LogP contribution < -0.4 is 41.9 Å². The van der Waals surface area contributed by atoms with Gasteiger partial charge in [-0.15, -0.1) is 0 Å². The summed E-state index contributed by atoms with van der Waals surface area (Å²) in [4.78, 5) is 47.6. The molecule has 38 heavy (non-hydrogen) atoms. The Morgan fingerprint density at radius 3 is 1.42 bits per heavy atom. The Labute approximate surface area is 212 Å². The molecule has 0 fully saturated rings. The number of hydrogen-bond acceptors (Lipinski definition) is 12. The molecule has 0 radical (unpaired) electrons. The monoisotopic (exact) mass is 518 g/mol. The highest BCUT2D eigenvalue weighted by Crippen LogP contribution is 2.29. The lowest BCUT2D eigenvalue weighted by atomic mass is 10.1. The number of nitrogens with one attached hydrogen (secondary N) is 2. The van der Waals surface area contributed by atoms with Crippen LogP contribution in [0.25, 0.3) is 10.8 Å². The molecule has 0 aliphatic rings. The first-order valence-electron chi connectivity index (χ1n) is 10.8. The van der Waals surface area contributed by atoms with E-state index in [4.69, 9.17) is 9.47 Å². The molecule has 14 heteroatoms. The van der Waals surface area contributed by atoms with Gasteiger partial charge in [-0.3, -0.25) is 40.7 Å². The molecule has 0 aromatic heterocycles. The number of nitro groups is 2. The summed E-state index contributed by atoms with van der Waals surface area (Å²) < 4.78 is 10.0. The molecule has 0 unspecified atom stereocenters. The van der Waals surface area contributed by atoms with E-state index in [-0.39, 0.29) is 55.7 Å². The van der Waals surface area contributed by atoms with E-state index in [0.717, 1.165) is 0 Å². The molecule has 2 N–H and O–H groups in total. The summed E-state index contributed by atoms with van der Waals surface area (Å²) >= 11 is 0. The highest BCUT2D eigenvalue weighted by Gasteiger charge is 2.17. The number of nitrogens with zero attached hydrogens (tertiary/aromatic N) is 4. The second kappa shape index (κ2) is 10.5. The van der Waals surface area contributed by atoms with E-state index in [2.05, 4.69) is 21.1 Å². The van der Waals surface area contributed by atoms with E-state index in [9.17, 15) is 29.8 Å². The predicted octanol–water partition coefficient (Wildman–Crippen LogP) is 2.13. The summed E-state index contributed by atoms with van der Waals surface area (Å²) in [6.07, 6.45) is 0. The number of anilines is 2. The molecule has 0 heterocycles. The van der Waals surface area contributed by atoms with Crippen LogP contribution in [-0.4, -0.2) is 24.1 Å². The number of ether oxygens (including phenoxy) is 2. The van der Waals surface area contributed by atoms with Gasteiger partial charge in [0.05, 0.1) is 36.2 Å². The van der Waals surface area contributed by atoms with Crippen molar-refractivity contribution in [2.45, 2.75) is 0 Å². The van der Waals surface area contributed by atoms with Gasteiger partial charge in [-0.05, 0) is 24.3 Å². The number of nitro benzene ring substituents is 2. The van der Waals surface area contributed by atoms with Gasteiger partial charge in [0.1, 0.15) is 33.6 Å². The van der Waals surface area contributed by atoms with Crippen LogP contribution in [-0.2, 0) is 0 Å². The van der Waals surface area contributed by atoms with Gasteiger partial charge in [0.2, 0.25) is 0 Å². The minimum Gasteiger partial charge on any atom is -0.496 e. The molecule has 0 atom stereocenters. The molecule has 4 rings (SSSR count). The predicted molar refractivity (Wildman–Crippen MR) is 137 cm³/mol. The Kier molecular flexibility index (Phi) is 7.05. The SMILES string of the molecule is COc1ccc(NN=c2c(=O)c(=O)c(=NNc3ccc(OC)cc3[N+](=O)[O-])c3ccccc23)c([N+](=O)[O-])c1. The third kappa shape index (κ3) is 4.86. The first-order chi connectivity index (χ1) is 18.2. The Balaban J connectivity index is 1.86. The summed E-state index contributed by atoms with van der Waals surface area (Å²) in [6.45, 7) is 0. The summed E-state index contributed by atoms with van der Waals surface area (Å²) in [5.74, 6) is 0.490. The number of benzene rings is 4. The molecule has 192 valence electrons. The van der Waals surface area contributed by atoms with Gasteiger partial charge >= 0.3 is 0 Å². The topological polar surface area (TPSA) is 188 Å². The zero-order valence-electron chi connectivity index (χ0n) is 19.8. The first kappa shape index (κ1) is 25.4. The van der Waals surface area contributed by atoms with E-state index in [0.29, 0.717) is 0 Å². The zero-order chi connectivity index (χ0) is 27.4. The lowest BCUT2D eigenvalue weighted by molar-refractivity contribution is -0.384. The van der Waals surface area contributed by atoms with Gasteiger partial charge in [0.25, 0.3) is 22.2 Å². The molecule has 4 aromatic carbocycles. The molecule has 4 aromatic rings. The highest BCUT2D eigenvalue weighted by molar-refractivity contribution is 5.81. The highest BCUT2D eigenvalue weighted by atomic mass is 16.6. The smallest absolute Gasteiger partial charge is 0.297 e. The van der Waals surface area contributed by atoms with Crippen LogP contribution in [0.5, 0.6) is 11.5 Å². The van der Waals surface area contributed by atoms with Crippen LogP contribution in [0.3, 0.4) is 0 Å². The van der Waals surface area contributed by atoms with Crippen LogP contribution in [0.2, 0.25) is 0 Å². The fraction of sp³-hybridized carbons (Fsp3) is 0.0833. The van der Waals surface area contributed by atoms with Crippen LogP contribution in [0.4, 0.5) is 22.7 Å². The van der Waals surface area contributed by atoms with Crippen molar-refractivity contribution in [3.8, 4) is 11.5 Å². The fourth-order valence-electron chi connectivity index (χ4n) is 3.58. The van der Waals surface area contributed by atoms with Crippen molar-refractivity contribution in [1.29, 1.82) is 0 Å². The number of rotatable bonds is 8. The largest absolute Gasteiger partial charge is 0.496 e. The lowest BCUT2D eigenvalue weighted by Crippen LogP contribution is -2.48. The van der Waals surface area contributed by atoms with Gasteiger partial charge in [0, 0.05) is 10.8 Å². The van der Waals surface area contributed by atoms with Crippen LogP contribution in [0, 0.1) is 20.2 Å². The van der Waals surface area contributed by atoms with E-state index in [1.54, 1.807) is 12.1 Å². The molecule has 14 nitrogen and oxygen atoms in total. The molecule has 0 saturated heterocycles. The fourth-order valence-corrected chi connectivity index (χ4v) is 3.58. The maximum absolute atomic E-state index is 13.0. The maximum atomic E-state index is 13.0. The molecule has 0 saturated carbocycles. The summed E-state index contributed by atoms with van der Waals surface area (Å²) in [5, 5.41) is 30.8. The number of methoxy groups -OCH3 is 2. The lowest BCUT2D eigenvalue weighted by Gasteiger charge is -2.06. The minimum absolute atomic E-state index is 0.0334. The number of fused-ring (bicyclic) bond motifs is 1. The van der Waals surface area contributed by atoms with Gasteiger partial charge in [-0.25, -0.2) is 0 Å². The normalized spacial score (nSPS) is 11.8. The van der Waals surface area contributed by atoms with E-state index in [1.807, 2.05) is 0 Å².